The second kappa shape index (κ2) is 6.33. The van der Waals surface area contributed by atoms with E-state index in [2.05, 4.69) is 46.7 Å². The lowest BCUT2D eigenvalue weighted by molar-refractivity contribution is 0.217. The van der Waals surface area contributed by atoms with Crippen molar-refractivity contribution in [3.63, 3.8) is 0 Å². The van der Waals surface area contributed by atoms with Crippen molar-refractivity contribution >= 4 is 39.0 Å². The van der Waals surface area contributed by atoms with Crippen LogP contribution < -0.4 is 5.32 Å². The van der Waals surface area contributed by atoms with Gasteiger partial charge in [-0.1, -0.05) is 11.8 Å². The number of likely N-dealkylation sites (tertiary alicyclic amines) is 1. The van der Waals surface area contributed by atoms with Gasteiger partial charge in [-0.25, -0.2) is 4.98 Å². The highest BCUT2D eigenvalue weighted by atomic mass is 32.2. The van der Waals surface area contributed by atoms with Gasteiger partial charge in [-0.05, 0) is 56.8 Å². The third kappa shape index (κ3) is 3.27. The van der Waals surface area contributed by atoms with E-state index in [-0.39, 0.29) is 0 Å². The number of fused-ring (bicyclic) bond motifs is 1. The van der Waals surface area contributed by atoms with E-state index in [0.717, 1.165) is 22.3 Å². The molecule has 1 aliphatic rings. The lowest BCUT2D eigenvalue weighted by atomic mass is 9.98. The standard InChI is InChI=1S/C15H21N3S2/c1-18-7-3-4-11(10-18)9-16-12-5-6-13-14(8-12)20-15(17-13)19-2/h5-6,8,11,16H,3-4,7,9-10H2,1-2H3. The van der Waals surface area contributed by atoms with Gasteiger partial charge in [0.25, 0.3) is 0 Å². The summed E-state index contributed by atoms with van der Waals surface area (Å²) in [6.07, 6.45) is 4.75. The molecule has 0 saturated carbocycles. The van der Waals surface area contributed by atoms with E-state index in [4.69, 9.17) is 0 Å². The Labute approximate surface area is 128 Å². The summed E-state index contributed by atoms with van der Waals surface area (Å²) in [5.74, 6) is 0.771. The Hall–Kier alpha value is -0.780. The van der Waals surface area contributed by atoms with Crippen LogP contribution in [0.2, 0.25) is 0 Å². The lowest BCUT2D eigenvalue weighted by Crippen LogP contribution is -2.35. The van der Waals surface area contributed by atoms with Crippen molar-refractivity contribution in [1.82, 2.24) is 9.88 Å². The molecule has 2 aromatic rings. The average Bonchev–Trinajstić information content (AvgIpc) is 2.87. The molecule has 3 nitrogen and oxygen atoms in total. The summed E-state index contributed by atoms with van der Waals surface area (Å²) in [7, 11) is 2.22. The Kier molecular flexibility index (Phi) is 4.48. The molecule has 1 N–H and O–H groups in total. The van der Waals surface area contributed by atoms with Crippen molar-refractivity contribution < 1.29 is 0 Å². The van der Waals surface area contributed by atoms with Gasteiger partial charge in [0.1, 0.15) is 0 Å². The van der Waals surface area contributed by atoms with Crippen molar-refractivity contribution in [2.24, 2.45) is 5.92 Å². The number of hydrogen-bond donors (Lipinski definition) is 1. The molecule has 1 unspecified atom stereocenters. The molecule has 0 aliphatic carbocycles. The van der Waals surface area contributed by atoms with Gasteiger partial charge in [0.2, 0.25) is 0 Å². The predicted octanol–water partition coefficient (Wildman–Crippen LogP) is 3.77. The maximum absolute atomic E-state index is 4.58. The van der Waals surface area contributed by atoms with Crippen LogP contribution in [0.3, 0.4) is 0 Å². The molecule has 5 heteroatoms. The molecule has 1 aliphatic heterocycles. The number of nitrogens with one attached hydrogen (secondary N) is 1. The molecule has 20 heavy (non-hydrogen) atoms. The molecule has 1 fully saturated rings. The van der Waals surface area contributed by atoms with Crippen LogP contribution >= 0.6 is 23.1 Å². The highest BCUT2D eigenvalue weighted by Gasteiger charge is 2.16. The molecule has 0 amide bonds. The molecule has 108 valence electrons. The predicted molar refractivity (Wildman–Crippen MR) is 90.1 cm³/mol. The van der Waals surface area contributed by atoms with Gasteiger partial charge in [-0.3, -0.25) is 0 Å². The smallest absolute Gasteiger partial charge is 0.150 e. The maximum atomic E-state index is 4.58. The topological polar surface area (TPSA) is 28.2 Å². The zero-order valence-electron chi connectivity index (χ0n) is 12.1. The first-order chi connectivity index (χ1) is 9.74. The van der Waals surface area contributed by atoms with Crippen molar-refractivity contribution in [2.45, 2.75) is 17.2 Å². The number of thioether (sulfide) groups is 1. The third-order valence-corrected chi connectivity index (χ3v) is 5.86. The van der Waals surface area contributed by atoms with Gasteiger partial charge < -0.3 is 10.2 Å². The monoisotopic (exact) mass is 307 g/mol. The largest absolute Gasteiger partial charge is 0.385 e. The number of hydrogen-bond acceptors (Lipinski definition) is 5. The van der Waals surface area contributed by atoms with Crippen molar-refractivity contribution in [2.75, 3.05) is 38.3 Å². The number of piperidine rings is 1. The quantitative estimate of drug-likeness (QED) is 0.870. The summed E-state index contributed by atoms with van der Waals surface area (Å²) in [5, 5.41) is 3.60. The first-order valence-corrected chi connectivity index (χ1v) is 9.16. The van der Waals surface area contributed by atoms with Crippen LogP contribution in [-0.4, -0.2) is 42.8 Å². The lowest BCUT2D eigenvalue weighted by Gasteiger charge is -2.29. The number of rotatable bonds is 4. The van der Waals surface area contributed by atoms with Crippen molar-refractivity contribution in [3.8, 4) is 0 Å². The zero-order chi connectivity index (χ0) is 13.9. The Balaban J connectivity index is 1.65. The van der Waals surface area contributed by atoms with Gasteiger partial charge in [0.05, 0.1) is 10.2 Å². The fourth-order valence-corrected chi connectivity index (χ4v) is 4.33. The van der Waals surface area contributed by atoms with Crippen molar-refractivity contribution in [3.05, 3.63) is 18.2 Å². The van der Waals surface area contributed by atoms with Crippen LogP contribution in [0.15, 0.2) is 22.5 Å². The summed E-state index contributed by atoms with van der Waals surface area (Å²) < 4.78 is 2.42. The first kappa shape index (κ1) is 14.2. The molecular formula is C15H21N3S2. The van der Waals surface area contributed by atoms with E-state index in [1.54, 1.807) is 23.1 Å². The van der Waals surface area contributed by atoms with Gasteiger partial charge in [0, 0.05) is 18.8 Å². The van der Waals surface area contributed by atoms with Gasteiger partial charge >= 0.3 is 0 Å². The molecular weight excluding hydrogens is 286 g/mol. The fourth-order valence-electron chi connectivity index (χ4n) is 2.80. The van der Waals surface area contributed by atoms with Gasteiger partial charge in [-0.15, -0.1) is 11.3 Å². The summed E-state index contributed by atoms with van der Waals surface area (Å²) >= 11 is 3.50. The normalized spacial score (nSPS) is 20.4. The number of aromatic nitrogens is 1. The van der Waals surface area contributed by atoms with E-state index in [0.29, 0.717) is 0 Å². The highest BCUT2D eigenvalue weighted by molar-refractivity contribution is 8.00. The number of nitrogens with zero attached hydrogens (tertiary/aromatic N) is 2. The second-order valence-electron chi connectivity index (χ2n) is 5.52. The van der Waals surface area contributed by atoms with Crippen molar-refractivity contribution in [1.29, 1.82) is 0 Å². The number of thiazole rings is 1. The van der Waals surface area contributed by atoms with Crippen LogP contribution in [0, 0.1) is 5.92 Å². The maximum Gasteiger partial charge on any atom is 0.150 e. The Morgan fingerprint density at radius 1 is 1.50 bits per heavy atom. The minimum Gasteiger partial charge on any atom is -0.385 e. The summed E-state index contributed by atoms with van der Waals surface area (Å²) in [4.78, 5) is 7.02. The highest BCUT2D eigenvalue weighted by Crippen LogP contribution is 2.30. The van der Waals surface area contributed by atoms with Crippen LogP contribution in [0.5, 0.6) is 0 Å². The molecule has 1 aromatic heterocycles. The Morgan fingerprint density at radius 3 is 3.20 bits per heavy atom. The van der Waals surface area contributed by atoms with Gasteiger partial charge in [0.15, 0.2) is 4.34 Å². The van der Waals surface area contributed by atoms with E-state index in [1.165, 1.54) is 36.3 Å². The number of benzene rings is 1. The molecule has 1 saturated heterocycles. The van der Waals surface area contributed by atoms with Crippen LogP contribution in [0.4, 0.5) is 5.69 Å². The molecule has 0 spiro atoms. The Bertz CT molecular complexity index is 582. The third-order valence-electron chi connectivity index (χ3n) is 3.86. The molecule has 2 heterocycles. The average molecular weight is 307 g/mol. The molecule has 0 radical (unpaired) electrons. The van der Waals surface area contributed by atoms with E-state index < -0.39 is 0 Å². The fraction of sp³-hybridized carbons (Fsp3) is 0.533. The minimum atomic E-state index is 0.771. The zero-order valence-corrected chi connectivity index (χ0v) is 13.7. The van der Waals surface area contributed by atoms with E-state index in [9.17, 15) is 0 Å². The summed E-state index contributed by atoms with van der Waals surface area (Å²) in [5.41, 5.74) is 2.34. The van der Waals surface area contributed by atoms with Crippen LogP contribution in [0.1, 0.15) is 12.8 Å². The minimum absolute atomic E-state index is 0.771. The first-order valence-electron chi connectivity index (χ1n) is 7.11. The number of anilines is 1. The van der Waals surface area contributed by atoms with Crippen LogP contribution in [0.25, 0.3) is 10.2 Å². The van der Waals surface area contributed by atoms with E-state index >= 15 is 0 Å². The van der Waals surface area contributed by atoms with E-state index in [1.807, 2.05) is 0 Å². The molecule has 0 bridgehead atoms. The SMILES string of the molecule is CSc1nc2ccc(NCC3CCCN(C)C3)cc2s1. The molecule has 1 atom stereocenters. The molecule has 1 aromatic carbocycles. The summed E-state index contributed by atoms with van der Waals surface area (Å²) in [6, 6.07) is 6.51. The summed E-state index contributed by atoms with van der Waals surface area (Å²) in [6.45, 7) is 3.54. The van der Waals surface area contributed by atoms with Crippen LogP contribution in [-0.2, 0) is 0 Å². The Morgan fingerprint density at radius 2 is 2.40 bits per heavy atom. The van der Waals surface area contributed by atoms with Gasteiger partial charge in [-0.2, -0.15) is 0 Å². The second-order valence-corrected chi connectivity index (χ2v) is 7.60. The molecule has 3 rings (SSSR count).